The minimum atomic E-state index is -4.75. The zero-order valence-corrected chi connectivity index (χ0v) is 10.7. The fraction of sp³-hybridized carbons (Fsp3) is 0.545. The fourth-order valence-electron chi connectivity index (χ4n) is 1.60. The van der Waals surface area contributed by atoms with Gasteiger partial charge in [0.25, 0.3) is 0 Å². The van der Waals surface area contributed by atoms with Crippen molar-refractivity contribution < 1.29 is 26.3 Å². The molecular formula is C11H13F6N3. The van der Waals surface area contributed by atoms with E-state index < -0.39 is 30.6 Å². The molecule has 1 heterocycles. The van der Waals surface area contributed by atoms with E-state index in [1.807, 2.05) is 0 Å². The van der Waals surface area contributed by atoms with Crippen molar-refractivity contribution >= 4 is 11.4 Å². The minimum Gasteiger partial charge on any atom is -0.396 e. The first-order chi connectivity index (χ1) is 8.92. The molecule has 20 heavy (non-hydrogen) atoms. The molecule has 1 rings (SSSR count). The quantitative estimate of drug-likeness (QED) is 0.869. The van der Waals surface area contributed by atoms with Crippen LogP contribution in [0.2, 0.25) is 0 Å². The molecular weight excluding hydrogens is 288 g/mol. The van der Waals surface area contributed by atoms with Gasteiger partial charge in [0, 0.05) is 6.04 Å². The fourth-order valence-corrected chi connectivity index (χ4v) is 1.60. The van der Waals surface area contributed by atoms with Gasteiger partial charge in [0.1, 0.15) is 12.2 Å². The summed E-state index contributed by atoms with van der Waals surface area (Å²) < 4.78 is 75.2. The molecule has 0 bridgehead atoms. The van der Waals surface area contributed by atoms with Gasteiger partial charge < -0.3 is 10.6 Å². The van der Waals surface area contributed by atoms with Crippen LogP contribution in [-0.4, -0.2) is 23.7 Å². The second kappa shape index (κ2) is 5.37. The summed E-state index contributed by atoms with van der Waals surface area (Å²) in [6.07, 6.45) is -8.59. The summed E-state index contributed by atoms with van der Waals surface area (Å²) in [4.78, 5) is 3.85. The number of halogens is 6. The molecule has 2 N–H and O–H groups in total. The molecule has 0 atom stereocenters. The average Bonchev–Trinajstić information content (AvgIpc) is 2.23. The molecule has 0 unspecified atom stereocenters. The maximum atomic E-state index is 12.6. The van der Waals surface area contributed by atoms with Gasteiger partial charge in [-0.1, -0.05) is 0 Å². The smallest absolute Gasteiger partial charge is 0.396 e. The highest BCUT2D eigenvalue weighted by Gasteiger charge is 2.36. The monoisotopic (exact) mass is 301 g/mol. The van der Waals surface area contributed by atoms with Crippen LogP contribution >= 0.6 is 0 Å². The van der Waals surface area contributed by atoms with E-state index in [0.717, 1.165) is 4.90 Å². The van der Waals surface area contributed by atoms with E-state index in [1.165, 1.54) is 13.8 Å². The van der Waals surface area contributed by atoms with Crippen molar-refractivity contribution in [1.29, 1.82) is 0 Å². The van der Waals surface area contributed by atoms with E-state index in [9.17, 15) is 26.3 Å². The first-order valence-electron chi connectivity index (χ1n) is 5.58. The molecule has 0 fully saturated rings. The summed E-state index contributed by atoms with van der Waals surface area (Å²) in [6, 6.07) is -0.149. The van der Waals surface area contributed by atoms with Crippen molar-refractivity contribution in [2.45, 2.75) is 32.2 Å². The van der Waals surface area contributed by atoms with Gasteiger partial charge in [-0.2, -0.15) is 26.3 Å². The number of anilines is 2. The van der Waals surface area contributed by atoms with Crippen LogP contribution in [0.15, 0.2) is 12.3 Å². The number of nitrogens with zero attached hydrogens (tertiary/aromatic N) is 2. The van der Waals surface area contributed by atoms with Gasteiger partial charge in [0.2, 0.25) is 0 Å². The molecule has 0 aliphatic heterocycles. The summed E-state index contributed by atoms with van der Waals surface area (Å²) in [6.45, 7) is 1.47. The number of pyridine rings is 1. The van der Waals surface area contributed by atoms with Gasteiger partial charge in [0.05, 0.1) is 17.6 Å². The SMILES string of the molecule is CC(C)N(CC(F)(F)F)c1cc(C(F)(F)F)ncc1N. The Hall–Kier alpha value is -1.67. The van der Waals surface area contributed by atoms with Gasteiger partial charge in [-0.05, 0) is 19.9 Å². The zero-order chi connectivity index (χ0) is 15.7. The van der Waals surface area contributed by atoms with Crippen molar-refractivity contribution in [2.24, 2.45) is 0 Å². The summed E-state index contributed by atoms with van der Waals surface area (Å²) in [7, 11) is 0. The minimum absolute atomic E-state index is 0.240. The van der Waals surface area contributed by atoms with Crippen molar-refractivity contribution in [3.05, 3.63) is 18.0 Å². The van der Waals surface area contributed by atoms with Gasteiger partial charge in [-0.25, -0.2) is 4.98 Å². The Bertz CT molecular complexity index is 466. The second-order valence-electron chi connectivity index (χ2n) is 4.46. The van der Waals surface area contributed by atoms with E-state index in [1.54, 1.807) is 0 Å². The lowest BCUT2D eigenvalue weighted by Crippen LogP contribution is -2.39. The third kappa shape index (κ3) is 4.17. The first-order valence-corrected chi connectivity index (χ1v) is 5.58. The lowest BCUT2D eigenvalue weighted by atomic mass is 10.2. The highest BCUT2D eigenvalue weighted by molar-refractivity contribution is 5.67. The van der Waals surface area contributed by atoms with Crippen LogP contribution in [0.4, 0.5) is 37.7 Å². The van der Waals surface area contributed by atoms with Crippen LogP contribution in [0.25, 0.3) is 0 Å². The van der Waals surface area contributed by atoms with Gasteiger partial charge in [-0.3, -0.25) is 0 Å². The number of alkyl halides is 6. The third-order valence-electron chi connectivity index (χ3n) is 2.48. The average molecular weight is 301 g/mol. The molecule has 0 amide bonds. The lowest BCUT2D eigenvalue weighted by molar-refractivity contribution is -0.141. The molecule has 3 nitrogen and oxygen atoms in total. The lowest BCUT2D eigenvalue weighted by Gasteiger charge is -2.31. The number of hydrogen-bond donors (Lipinski definition) is 1. The summed E-state index contributed by atoms with van der Waals surface area (Å²) in [5.41, 5.74) is 3.60. The third-order valence-corrected chi connectivity index (χ3v) is 2.48. The predicted octanol–water partition coefficient (Wildman–Crippen LogP) is 3.46. The van der Waals surface area contributed by atoms with Crippen LogP contribution in [0.3, 0.4) is 0 Å². The van der Waals surface area contributed by atoms with Crippen molar-refractivity contribution in [1.82, 2.24) is 4.98 Å². The molecule has 0 saturated carbocycles. The topological polar surface area (TPSA) is 42.2 Å². The summed E-state index contributed by atoms with van der Waals surface area (Å²) in [5, 5.41) is 0. The standard InChI is InChI=1S/C11H13F6N3/c1-6(2)20(5-10(12,13)14)8-3-9(11(15,16)17)19-4-7(8)18/h3-4,6H,5,18H2,1-2H3. The van der Waals surface area contributed by atoms with Gasteiger partial charge in [-0.15, -0.1) is 0 Å². The molecule has 0 radical (unpaired) electrons. The van der Waals surface area contributed by atoms with E-state index in [0.29, 0.717) is 12.3 Å². The molecule has 114 valence electrons. The van der Waals surface area contributed by atoms with Crippen LogP contribution in [-0.2, 0) is 6.18 Å². The first kappa shape index (κ1) is 16.4. The van der Waals surface area contributed by atoms with Crippen LogP contribution in [0, 0.1) is 0 Å². The molecule has 9 heteroatoms. The predicted molar refractivity (Wildman–Crippen MR) is 62.2 cm³/mol. The number of aromatic nitrogens is 1. The van der Waals surface area contributed by atoms with Crippen LogP contribution < -0.4 is 10.6 Å². The number of nitrogens with two attached hydrogens (primary N) is 1. The zero-order valence-electron chi connectivity index (χ0n) is 10.7. The maximum Gasteiger partial charge on any atom is 0.433 e. The Balaban J connectivity index is 3.26. The molecule has 0 aromatic carbocycles. The van der Waals surface area contributed by atoms with Gasteiger partial charge >= 0.3 is 12.4 Å². The number of hydrogen-bond acceptors (Lipinski definition) is 3. The normalized spacial score (nSPS) is 12.8. The molecule has 0 aliphatic carbocycles. The second-order valence-corrected chi connectivity index (χ2v) is 4.46. The van der Waals surface area contributed by atoms with Crippen molar-refractivity contribution in [2.75, 3.05) is 17.2 Å². The molecule has 0 saturated heterocycles. The van der Waals surface area contributed by atoms with E-state index in [4.69, 9.17) is 5.73 Å². The highest BCUT2D eigenvalue weighted by Crippen LogP contribution is 2.34. The Morgan fingerprint density at radius 3 is 2.15 bits per heavy atom. The Morgan fingerprint density at radius 1 is 1.20 bits per heavy atom. The molecule has 0 aliphatic rings. The van der Waals surface area contributed by atoms with E-state index >= 15 is 0 Å². The Kier molecular flexibility index (Phi) is 4.40. The molecule has 0 spiro atoms. The Labute approximate surface area is 111 Å². The number of nitrogen functional groups attached to an aromatic ring is 1. The Morgan fingerprint density at radius 2 is 1.75 bits per heavy atom. The molecule has 1 aromatic heterocycles. The molecule has 1 aromatic rings. The summed E-state index contributed by atoms with van der Waals surface area (Å²) in [5.74, 6) is 0. The number of rotatable bonds is 3. The van der Waals surface area contributed by atoms with E-state index in [-0.39, 0.29) is 11.4 Å². The van der Waals surface area contributed by atoms with Crippen LogP contribution in [0.5, 0.6) is 0 Å². The van der Waals surface area contributed by atoms with Gasteiger partial charge in [0.15, 0.2) is 0 Å². The van der Waals surface area contributed by atoms with Crippen molar-refractivity contribution in [3.63, 3.8) is 0 Å². The maximum absolute atomic E-state index is 12.6. The largest absolute Gasteiger partial charge is 0.433 e. The summed E-state index contributed by atoms with van der Waals surface area (Å²) >= 11 is 0. The van der Waals surface area contributed by atoms with Crippen molar-refractivity contribution in [3.8, 4) is 0 Å². The van der Waals surface area contributed by atoms with E-state index in [2.05, 4.69) is 4.98 Å². The van der Waals surface area contributed by atoms with Crippen LogP contribution in [0.1, 0.15) is 19.5 Å². The highest BCUT2D eigenvalue weighted by atomic mass is 19.4.